The summed E-state index contributed by atoms with van der Waals surface area (Å²) in [4.78, 5) is 0. The molecule has 2 rings (SSSR count). The Hall–Kier alpha value is -0.830. The molecule has 6 nitrogen and oxygen atoms in total. The molecule has 1 aliphatic heterocycles. The minimum Gasteiger partial charge on any atom is -0.271 e. The van der Waals surface area contributed by atoms with Gasteiger partial charge in [0.2, 0.25) is 0 Å². The third-order valence-electron chi connectivity index (χ3n) is 2.47. The summed E-state index contributed by atoms with van der Waals surface area (Å²) >= 11 is 2.32. The maximum Gasteiger partial charge on any atom is 0.177 e. The molecule has 0 fully saturated rings. The van der Waals surface area contributed by atoms with Gasteiger partial charge in [0.1, 0.15) is 3.70 Å². The van der Waals surface area contributed by atoms with E-state index in [-0.39, 0.29) is 0 Å². The summed E-state index contributed by atoms with van der Waals surface area (Å²) in [6, 6.07) is 0. The normalized spacial score (nSPS) is 15.4. The molecule has 1 aliphatic rings. The van der Waals surface area contributed by atoms with Crippen molar-refractivity contribution in [3.63, 3.8) is 0 Å². The molecule has 1 aromatic heterocycles. The van der Waals surface area contributed by atoms with Crippen LogP contribution in [0.4, 0.5) is 0 Å². The van der Waals surface area contributed by atoms with Gasteiger partial charge in [0, 0.05) is 13.1 Å². The number of amidine groups is 1. The fourth-order valence-electron chi connectivity index (χ4n) is 1.68. The molecule has 2 heterocycles. The van der Waals surface area contributed by atoms with Crippen LogP contribution in [0.1, 0.15) is 26.3 Å². The van der Waals surface area contributed by atoms with Crippen molar-refractivity contribution in [2.45, 2.75) is 27.3 Å². The van der Waals surface area contributed by atoms with Crippen LogP contribution in [0.5, 0.6) is 0 Å². The van der Waals surface area contributed by atoms with Gasteiger partial charge in [-0.25, -0.2) is 5.53 Å². The van der Waals surface area contributed by atoms with Crippen LogP contribution in [0.2, 0.25) is 0 Å². The molecule has 2 N–H and O–H groups in total. The zero-order valence-corrected chi connectivity index (χ0v) is 12.4. The Morgan fingerprint density at radius 3 is 2.88 bits per heavy atom. The topological polar surface area (TPSA) is 57.5 Å². The summed E-state index contributed by atoms with van der Waals surface area (Å²) in [5.41, 5.74) is 6.80. The summed E-state index contributed by atoms with van der Waals surface area (Å²) in [7, 11) is 0. The molecular weight excluding hydrogens is 331 g/mol. The van der Waals surface area contributed by atoms with Gasteiger partial charge >= 0.3 is 0 Å². The maximum absolute atomic E-state index is 4.42. The smallest absolute Gasteiger partial charge is 0.177 e. The van der Waals surface area contributed by atoms with Crippen molar-refractivity contribution >= 4 is 28.4 Å². The molecular formula is C10H17IN6. The number of hydrogen-bond acceptors (Lipinski definition) is 5. The first-order chi connectivity index (χ1) is 8.13. The highest BCUT2D eigenvalue weighted by Crippen LogP contribution is 2.16. The summed E-state index contributed by atoms with van der Waals surface area (Å²) < 4.78 is 3.15. The molecule has 0 aliphatic carbocycles. The highest BCUT2D eigenvalue weighted by Gasteiger charge is 2.22. The van der Waals surface area contributed by atoms with Crippen molar-refractivity contribution in [2.24, 2.45) is 11.0 Å². The summed E-state index contributed by atoms with van der Waals surface area (Å²) in [6.45, 7) is 8.22. The van der Waals surface area contributed by atoms with Crippen LogP contribution >= 0.6 is 22.6 Å². The van der Waals surface area contributed by atoms with Gasteiger partial charge in [0.05, 0.1) is 11.8 Å². The fourth-order valence-corrected chi connectivity index (χ4v) is 2.38. The van der Waals surface area contributed by atoms with Gasteiger partial charge in [0.15, 0.2) is 5.84 Å². The standard InChI is InChI=1S/C10H17IN6/c1-4-16-10(13-14-15-16)8-5-12-17(9(8)11)6-7(2)3/h5,7,14-15H,4,6H2,1-3H3. The fraction of sp³-hybridized carbons (Fsp3) is 0.600. The number of hydrogen-bond donors (Lipinski definition) is 2. The number of hydrazine groups is 2. The van der Waals surface area contributed by atoms with E-state index in [1.807, 2.05) is 15.9 Å². The molecule has 0 bridgehead atoms. The van der Waals surface area contributed by atoms with E-state index >= 15 is 0 Å². The average Bonchev–Trinajstić information content (AvgIpc) is 2.86. The Morgan fingerprint density at radius 2 is 2.24 bits per heavy atom. The second-order valence-electron chi connectivity index (χ2n) is 4.33. The minimum atomic E-state index is 0.584. The molecule has 7 heteroatoms. The van der Waals surface area contributed by atoms with E-state index < -0.39 is 0 Å². The van der Waals surface area contributed by atoms with Crippen molar-refractivity contribution in [2.75, 3.05) is 6.54 Å². The highest BCUT2D eigenvalue weighted by atomic mass is 127. The van der Waals surface area contributed by atoms with E-state index in [9.17, 15) is 0 Å². The Morgan fingerprint density at radius 1 is 1.47 bits per heavy atom. The maximum atomic E-state index is 4.42. The van der Waals surface area contributed by atoms with Gasteiger partial charge in [-0.15, -0.1) is 10.6 Å². The first kappa shape index (κ1) is 12.6. The summed E-state index contributed by atoms with van der Waals surface area (Å²) in [5.74, 6) is 1.48. The van der Waals surface area contributed by atoms with Gasteiger partial charge in [-0.2, -0.15) is 5.10 Å². The minimum absolute atomic E-state index is 0.584. The van der Waals surface area contributed by atoms with E-state index in [1.54, 1.807) is 0 Å². The first-order valence-electron chi connectivity index (χ1n) is 5.71. The Balaban J connectivity index is 2.25. The zero-order chi connectivity index (χ0) is 12.4. The summed E-state index contributed by atoms with van der Waals surface area (Å²) in [5, 5.41) is 10.6. The molecule has 0 saturated carbocycles. The van der Waals surface area contributed by atoms with Crippen LogP contribution in [0, 0.1) is 9.62 Å². The lowest BCUT2D eigenvalue weighted by Gasteiger charge is -2.15. The molecule has 94 valence electrons. The molecule has 0 spiro atoms. The van der Waals surface area contributed by atoms with Gasteiger partial charge < -0.3 is 0 Å². The molecule has 0 amide bonds. The molecule has 0 radical (unpaired) electrons. The molecule has 0 atom stereocenters. The van der Waals surface area contributed by atoms with E-state index in [2.05, 4.69) is 64.6 Å². The molecule has 0 aromatic carbocycles. The number of nitrogens with zero attached hydrogens (tertiary/aromatic N) is 4. The van der Waals surface area contributed by atoms with E-state index in [4.69, 9.17) is 0 Å². The average molecular weight is 348 g/mol. The number of nitrogens with one attached hydrogen (secondary N) is 2. The number of halogens is 1. The second kappa shape index (κ2) is 5.21. The van der Waals surface area contributed by atoms with Crippen molar-refractivity contribution in [1.29, 1.82) is 0 Å². The lowest BCUT2D eigenvalue weighted by Crippen LogP contribution is -2.41. The van der Waals surface area contributed by atoms with Crippen molar-refractivity contribution in [3.8, 4) is 0 Å². The van der Waals surface area contributed by atoms with Gasteiger partial charge in [0.25, 0.3) is 0 Å². The van der Waals surface area contributed by atoms with Crippen molar-refractivity contribution in [3.05, 3.63) is 15.5 Å². The van der Waals surface area contributed by atoms with Crippen LogP contribution in [-0.2, 0) is 6.54 Å². The second-order valence-corrected chi connectivity index (χ2v) is 5.35. The molecule has 0 saturated heterocycles. The SMILES string of the molecule is CCN1NNN=C1c1cnn(CC(C)C)c1I. The van der Waals surface area contributed by atoms with Crippen molar-refractivity contribution in [1.82, 2.24) is 25.9 Å². The lowest BCUT2D eigenvalue weighted by atomic mass is 10.2. The van der Waals surface area contributed by atoms with Crippen LogP contribution in [0.25, 0.3) is 0 Å². The van der Waals surface area contributed by atoms with E-state index in [0.717, 1.165) is 28.2 Å². The largest absolute Gasteiger partial charge is 0.271 e. The molecule has 17 heavy (non-hydrogen) atoms. The Labute approximate surface area is 115 Å². The zero-order valence-electron chi connectivity index (χ0n) is 10.2. The number of hydrazone groups is 1. The van der Waals surface area contributed by atoms with Gasteiger partial charge in [-0.05, 0) is 35.4 Å². The highest BCUT2D eigenvalue weighted by molar-refractivity contribution is 14.1. The first-order valence-corrected chi connectivity index (χ1v) is 6.79. The van der Waals surface area contributed by atoms with Crippen LogP contribution in [0.3, 0.4) is 0 Å². The Kier molecular flexibility index (Phi) is 3.87. The van der Waals surface area contributed by atoms with Gasteiger partial charge in [-0.1, -0.05) is 13.8 Å². The monoisotopic (exact) mass is 348 g/mol. The van der Waals surface area contributed by atoms with Gasteiger partial charge in [-0.3, -0.25) is 9.69 Å². The van der Waals surface area contributed by atoms with E-state index in [0.29, 0.717) is 5.92 Å². The lowest BCUT2D eigenvalue weighted by molar-refractivity contribution is 0.308. The third kappa shape index (κ3) is 2.54. The quantitative estimate of drug-likeness (QED) is 0.802. The number of rotatable bonds is 4. The van der Waals surface area contributed by atoms with Crippen LogP contribution in [0.15, 0.2) is 11.3 Å². The third-order valence-corrected chi connectivity index (χ3v) is 3.61. The van der Waals surface area contributed by atoms with E-state index in [1.165, 1.54) is 0 Å². The van der Waals surface area contributed by atoms with Crippen LogP contribution in [-0.4, -0.2) is 27.2 Å². The molecule has 0 unspecified atom stereocenters. The predicted molar refractivity (Wildman–Crippen MR) is 75.0 cm³/mol. The Bertz CT molecular complexity index is 424. The van der Waals surface area contributed by atoms with Crippen LogP contribution < -0.4 is 11.1 Å². The van der Waals surface area contributed by atoms with Crippen molar-refractivity contribution < 1.29 is 0 Å². The summed E-state index contributed by atoms with van der Waals surface area (Å²) in [6.07, 6.45) is 1.88. The predicted octanol–water partition coefficient (Wildman–Crippen LogP) is 1.15. The number of aromatic nitrogens is 2. The molecule has 1 aromatic rings.